The Kier molecular flexibility index (Phi) is 11.6. The number of ether oxygens (including phenoxy) is 2. The fraction of sp³-hybridized carbons (Fsp3) is 0.652. The topological polar surface area (TPSA) is 132 Å². The highest BCUT2D eigenvalue weighted by Gasteiger charge is 2.28. The molecule has 1 heterocycles. The van der Waals surface area contributed by atoms with Gasteiger partial charge in [-0.1, -0.05) is 6.07 Å². The van der Waals surface area contributed by atoms with Gasteiger partial charge in [-0.05, 0) is 38.1 Å². The van der Waals surface area contributed by atoms with Crippen LogP contribution in [-0.4, -0.2) is 115 Å². The van der Waals surface area contributed by atoms with Crippen LogP contribution in [0.3, 0.4) is 0 Å². The molecule has 186 valence electrons. The maximum absolute atomic E-state index is 13.3. The molecule has 1 aromatic carbocycles. The highest BCUT2D eigenvalue weighted by atomic mass is 16.5. The first-order valence-electron chi connectivity index (χ1n) is 11.4. The summed E-state index contributed by atoms with van der Waals surface area (Å²) in [5, 5.41) is 33.5. The monoisotopic (exact) mass is 467 g/mol. The third-order valence-electron chi connectivity index (χ3n) is 5.53. The van der Waals surface area contributed by atoms with Crippen molar-refractivity contribution in [2.24, 2.45) is 0 Å². The number of hydrogen-bond acceptors (Lipinski definition) is 8. The maximum Gasteiger partial charge on any atom is 0.254 e. The summed E-state index contributed by atoms with van der Waals surface area (Å²) in [5.74, 6) is 0.126. The van der Waals surface area contributed by atoms with E-state index in [9.17, 15) is 24.9 Å². The largest absolute Gasteiger partial charge is 0.492 e. The van der Waals surface area contributed by atoms with E-state index in [1.165, 1.54) is 11.8 Å². The summed E-state index contributed by atoms with van der Waals surface area (Å²) < 4.78 is 11.1. The Morgan fingerprint density at radius 3 is 2.61 bits per heavy atom. The van der Waals surface area contributed by atoms with Gasteiger partial charge in [0.05, 0.1) is 6.61 Å². The van der Waals surface area contributed by atoms with Crippen molar-refractivity contribution >= 4 is 11.8 Å². The minimum absolute atomic E-state index is 0.124. The molecule has 0 bridgehead atoms. The van der Waals surface area contributed by atoms with Crippen LogP contribution in [0.4, 0.5) is 0 Å². The van der Waals surface area contributed by atoms with Gasteiger partial charge >= 0.3 is 0 Å². The molecule has 1 saturated heterocycles. The molecule has 0 spiro atoms. The van der Waals surface area contributed by atoms with E-state index in [1.54, 1.807) is 29.2 Å². The van der Waals surface area contributed by atoms with Gasteiger partial charge in [0.1, 0.15) is 30.7 Å². The SMILES string of the molecule is CNCCOc1cccc(C(=O)N2CCCCOC[C@@H](O)[C@H](O)[C@@H](O)CN(C(C)=O)CC2)c1. The minimum atomic E-state index is -1.45. The lowest BCUT2D eigenvalue weighted by Gasteiger charge is -2.31. The number of benzene rings is 1. The lowest BCUT2D eigenvalue weighted by molar-refractivity contribution is -0.134. The molecule has 0 aliphatic carbocycles. The summed E-state index contributed by atoms with van der Waals surface area (Å²) in [5.41, 5.74) is 0.488. The fourth-order valence-corrected chi connectivity index (χ4v) is 3.51. The molecule has 3 atom stereocenters. The van der Waals surface area contributed by atoms with E-state index in [-0.39, 0.29) is 38.1 Å². The van der Waals surface area contributed by atoms with Crippen LogP contribution in [0.1, 0.15) is 30.1 Å². The fourth-order valence-electron chi connectivity index (χ4n) is 3.51. The highest BCUT2D eigenvalue weighted by Crippen LogP contribution is 2.16. The Morgan fingerprint density at radius 1 is 1.12 bits per heavy atom. The predicted molar refractivity (Wildman–Crippen MR) is 122 cm³/mol. The van der Waals surface area contributed by atoms with Crippen LogP contribution in [0, 0.1) is 0 Å². The molecule has 10 nitrogen and oxygen atoms in total. The van der Waals surface area contributed by atoms with E-state index >= 15 is 0 Å². The number of amides is 2. The zero-order valence-electron chi connectivity index (χ0n) is 19.5. The summed E-state index contributed by atoms with van der Waals surface area (Å²) >= 11 is 0. The van der Waals surface area contributed by atoms with E-state index < -0.39 is 18.3 Å². The van der Waals surface area contributed by atoms with Crippen molar-refractivity contribution in [3.63, 3.8) is 0 Å². The van der Waals surface area contributed by atoms with Crippen molar-refractivity contribution in [1.29, 1.82) is 0 Å². The van der Waals surface area contributed by atoms with E-state index in [2.05, 4.69) is 5.32 Å². The van der Waals surface area contributed by atoms with Crippen molar-refractivity contribution in [3.8, 4) is 5.75 Å². The molecule has 2 amide bonds. The number of rotatable bonds is 5. The van der Waals surface area contributed by atoms with Crippen LogP contribution in [0.25, 0.3) is 0 Å². The number of nitrogens with one attached hydrogen (secondary N) is 1. The molecule has 33 heavy (non-hydrogen) atoms. The van der Waals surface area contributed by atoms with Crippen molar-refractivity contribution in [2.45, 2.75) is 38.1 Å². The second-order valence-corrected chi connectivity index (χ2v) is 8.14. The number of aliphatic hydroxyl groups is 3. The molecule has 1 fully saturated rings. The Balaban J connectivity index is 2.14. The number of aliphatic hydroxyl groups excluding tert-OH is 3. The number of nitrogens with zero attached hydrogens (tertiary/aromatic N) is 2. The van der Waals surface area contributed by atoms with Gasteiger partial charge in [0, 0.05) is 51.8 Å². The van der Waals surface area contributed by atoms with Crippen molar-refractivity contribution < 1.29 is 34.4 Å². The zero-order chi connectivity index (χ0) is 24.2. The third-order valence-corrected chi connectivity index (χ3v) is 5.53. The summed E-state index contributed by atoms with van der Waals surface area (Å²) in [6, 6.07) is 7.00. The quantitative estimate of drug-likeness (QED) is 0.425. The zero-order valence-corrected chi connectivity index (χ0v) is 19.5. The normalized spacial score (nSPS) is 23.6. The van der Waals surface area contributed by atoms with Crippen molar-refractivity contribution in [1.82, 2.24) is 15.1 Å². The van der Waals surface area contributed by atoms with E-state index in [4.69, 9.17) is 9.47 Å². The molecule has 2 rings (SSSR count). The molecule has 0 unspecified atom stereocenters. The van der Waals surface area contributed by atoms with Gasteiger partial charge in [-0.25, -0.2) is 0 Å². The van der Waals surface area contributed by atoms with Crippen LogP contribution >= 0.6 is 0 Å². The first kappa shape index (κ1) is 27.0. The Hall–Kier alpha value is -2.24. The molecular formula is C23H37N3O7. The molecule has 0 aromatic heterocycles. The van der Waals surface area contributed by atoms with Crippen LogP contribution in [0.2, 0.25) is 0 Å². The molecule has 1 aliphatic rings. The Labute approximate surface area is 195 Å². The number of likely N-dealkylation sites (N-methyl/N-ethyl adjacent to an activating group) is 1. The van der Waals surface area contributed by atoms with Gasteiger partial charge in [-0.3, -0.25) is 9.59 Å². The van der Waals surface area contributed by atoms with Crippen LogP contribution in [0.5, 0.6) is 5.75 Å². The average molecular weight is 468 g/mol. The van der Waals surface area contributed by atoms with Crippen LogP contribution < -0.4 is 10.1 Å². The number of β-amino-alcohol motifs (C(OH)–C–C–N with tert-alkyl or cyclic N) is 1. The van der Waals surface area contributed by atoms with Gasteiger partial charge in [-0.2, -0.15) is 0 Å². The smallest absolute Gasteiger partial charge is 0.254 e. The standard InChI is InChI=1S/C23H37N3O7/c1-17(27)26-11-10-25(9-3-4-12-32-16-21(29)22(30)20(28)15-26)23(31)18-6-5-7-19(14-18)33-13-8-24-2/h5-7,14,20-22,24,28-30H,3-4,8-13,15-16H2,1-2H3/t20-,21+,22+/m0/s1. The van der Waals surface area contributed by atoms with Crippen molar-refractivity contribution in [3.05, 3.63) is 29.8 Å². The Bertz CT molecular complexity index is 749. The second-order valence-electron chi connectivity index (χ2n) is 8.14. The van der Waals surface area contributed by atoms with E-state index in [1.807, 2.05) is 7.05 Å². The lowest BCUT2D eigenvalue weighted by Crippen LogP contribution is -2.49. The summed E-state index contributed by atoms with van der Waals surface area (Å²) in [4.78, 5) is 28.4. The van der Waals surface area contributed by atoms with Gasteiger partial charge in [0.15, 0.2) is 0 Å². The summed E-state index contributed by atoms with van der Waals surface area (Å²) in [6.07, 6.45) is -2.72. The number of carbonyl (C=O) groups is 2. The van der Waals surface area contributed by atoms with Crippen molar-refractivity contribution in [2.75, 3.05) is 59.6 Å². The number of hydrogen-bond donors (Lipinski definition) is 4. The first-order chi connectivity index (χ1) is 15.8. The lowest BCUT2D eigenvalue weighted by atomic mass is 10.1. The molecule has 0 radical (unpaired) electrons. The summed E-state index contributed by atoms with van der Waals surface area (Å²) in [7, 11) is 1.83. The van der Waals surface area contributed by atoms with E-state index in [0.29, 0.717) is 50.5 Å². The molecule has 1 aromatic rings. The Morgan fingerprint density at radius 2 is 1.88 bits per heavy atom. The third kappa shape index (κ3) is 8.90. The molecule has 10 heteroatoms. The number of carbonyl (C=O) groups excluding carboxylic acids is 2. The van der Waals surface area contributed by atoms with Gasteiger partial charge < -0.3 is 39.9 Å². The first-order valence-corrected chi connectivity index (χ1v) is 11.4. The van der Waals surface area contributed by atoms with Crippen LogP contribution in [0.15, 0.2) is 24.3 Å². The van der Waals surface area contributed by atoms with Crippen LogP contribution in [-0.2, 0) is 9.53 Å². The molecule has 1 aliphatic heterocycles. The second kappa shape index (κ2) is 14.1. The molecule has 0 saturated carbocycles. The highest BCUT2D eigenvalue weighted by molar-refractivity contribution is 5.94. The molecular weight excluding hydrogens is 430 g/mol. The van der Waals surface area contributed by atoms with E-state index in [0.717, 1.165) is 0 Å². The summed E-state index contributed by atoms with van der Waals surface area (Å²) in [6.45, 7) is 3.51. The van der Waals surface area contributed by atoms with Gasteiger partial charge in [0.25, 0.3) is 5.91 Å². The predicted octanol–water partition coefficient (Wildman–Crippen LogP) is -0.531. The maximum atomic E-state index is 13.3. The van der Waals surface area contributed by atoms with Gasteiger partial charge in [-0.15, -0.1) is 0 Å². The minimum Gasteiger partial charge on any atom is -0.492 e. The van der Waals surface area contributed by atoms with Gasteiger partial charge in [0.2, 0.25) is 5.91 Å². The molecule has 4 N–H and O–H groups in total. The average Bonchev–Trinajstić information content (AvgIpc) is 2.80.